The van der Waals surface area contributed by atoms with Crippen molar-refractivity contribution < 1.29 is 27.9 Å². The van der Waals surface area contributed by atoms with E-state index in [9.17, 15) is 18.0 Å². The predicted molar refractivity (Wildman–Crippen MR) is 74.6 cm³/mol. The minimum absolute atomic E-state index is 0.0758. The largest absolute Gasteiger partial charge is 0.480 e. The smallest absolute Gasteiger partial charge is 0.337 e. The van der Waals surface area contributed by atoms with Crippen LogP contribution in [0.1, 0.15) is 29.3 Å². The molecule has 0 spiro atoms. The number of nitrogens with one attached hydrogen (secondary N) is 1. The summed E-state index contributed by atoms with van der Waals surface area (Å²) in [5.74, 6) is -1.93. The molecule has 1 atom stereocenters. The standard InChI is InChI=1S/C13H17NO6S/c1-4-10(12(15)16)14-21(18,19)11-7-9(13(17)20-3)6-5-8(11)2/h5-7,10,14H,4H2,1-3H3,(H,15,16). The second-order valence-electron chi connectivity index (χ2n) is 4.39. The number of aryl methyl sites for hydroxylation is 1. The molecule has 116 valence electrons. The Morgan fingerprint density at radius 1 is 1.38 bits per heavy atom. The molecule has 2 N–H and O–H groups in total. The van der Waals surface area contributed by atoms with E-state index in [1.165, 1.54) is 19.2 Å². The minimum Gasteiger partial charge on any atom is -0.480 e. The molecule has 0 bridgehead atoms. The maximum atomic E-state index is 12.3. The van der Waals surface area contributed by atoms with Gasteiger partial charge in [0.1, 0.15) is 6.04 Å². The highest BCUT2D eigenvalue weighted by Crippen LogP contribution is 2.18. The minimum atomic E-state index is -4.05. The van der Waals surface area contributed by atoms with E-state index in [0.717, 1.165) is 6.07 Å². The molecule has 0 radical (unpaired) electrons. The maximum absolute atomic E-state index is 12.3. The molecular weight excluding hydrogens is 298 g/mol. The molecule has 0 amide bonds. The van der Waals surface area contributed by atoms with Gasteiger partial charge in [-0.25, -0.2) is 13.2 Å². The van der Waals surface area contributed by atoms with E-state index >= 15 is 0 Å². The number of carbonyl (C=O) groups excluding carboxylic acids is 1. The lowest BCUT2D eigenvalue weighted by atomic mass is 10.1. The number of carboxylic acid groups (broad SMARTS) is 1. The Morgan fingerprint density at radius 2 is 2.00 bits per heavy atom. The fourth-order valence-electron chi connectivity index (χ4n) is 1.69. The number of benzene rings is 1. The van der Waals surface area contributed by atoms with Gasteiger partial charge in [0.15, 0.2) is 0 Å². The molecule has 1 rings (SSSR count). The van der Waals surface area contributed by atoms with E-state index in [1.54, 1.807) is 13.8 Å². The Kier molecular flexibility index (Phi) is 5.45. The topological polar surface area (TPSA) is 110 Å². The molecule has 0 aliphatic carbocycles. The Labute approximate surface area is 123 Å². The first-order chi connectivity index (χ1) is 9.72. The fraction of sp³-hybridized carbons (Fsp3) is 0.385. The molecule has 0 heterocycles. The second-order valence-corrected chi connectivity index (χ2v) is 6.07. The van der Waals surface area contributed by atoms with Crippen LogP contribution in [0.3, 0.4) is 0 Å². The first-order valence-electron chi connectivity index (χ1n) is 6.17. The zero-order valence-corrected chi connectivity index (χ0v) is 12.7. The highest BCUT2D eigenvalue weighted by Gasteiger charge is 2.26. The molecule has 1 aromatic rings. The summed E-state index contributed by atoms with van der Waals surface area (Å²) in [5, 5.41) is 8.93. The summed E-state index contributed by atoms with van der Waals surface area (Å²) in [4.78, 5) is 22.3. The third kappa shape index (κ3) is 4.02. The molecule has 0 saturated carbocycles. The third-order valence-corrected chi connectivity index (χ3v) is 4.52. The summed E-state index contributed by atoms with van der Waals surface area (Å²) in [6.45, 7) is 3.11. The molecule has 0 aromatic heterocycles. The van der Waals surface area contributed by atoms with Crippen LogP contribution in [-0.4, -0.2) is 38.6 Å². The number of carbonyl (C=O) groups is 2. The first kappa shape index (κ1) is 17.1. The van der Waals surface area contributed by atoms with Crippen LogP contribution in [0.25, 0.3) is 0 Å². The van der Waals surface area contributed by atoms with Crippen LogP contribution in [-0.2, 0) is 19.6 Å². The number of hydrogen-bond acceptors (Lipinski definition) is 5. The van der Waals surface area contributed by atoms with Crippen molar-refractivity contribution in [2.24, 2.45) is 0 Å². The van der Waals surface area contributed by atoms with Gasteiger partial charge >= 0.3 is 11.9 Å². The van der Waals surface area contributed by atoms with E-state index in [4.69, 9.17) is 5.11 Å². The maximum Gasteiger partial charge on any atom is 0.337 e. The predicted octanol–water partition coefficient (Wildman–Crippen LogP) is 0.923. The number of ether oxygens (including phenoxy) is 1. The molecule has 8 heteroatoms. The number of rotatable bonds is 6. The molecule has 0 fully saturated rings. The summed E-state index contributed by atoms with van der Waals surface area (Å²) in [6, 6.07) is 2.84. The van der Waals surface area contributed by atoms with Crippen LogP contribution in [0, 0.1) is 6.92 Å². The molecule has 0 saturated heterocycles. The van der Waals surface area contributed by atoms with Crippen molar-refractivity contribution in [3.05, 3.63) is 29.3 Å². The Balaban J connectivity index is 3.24. The molecular formula is C13H17NO6S. The lowest BCUT2D eigenvalue weighted by Crippen LogP contribution is -2.40. The van der Waals surface area contributed by atoms with Gasteiger partial charge in [-0.05, 0) is 31.0 Å². The summed E-state index contributed by atoms with van der Waals surface area (Å²) in [7, 11) is -2.86. The molecule has 0 aliphatic rings. The van der Waals surface area contributed by atoms with Crippen LogP contribution < -0.4 is 4.72 Å². The summed E-state index contributed by atoms with van der Waals surface area (Å²) < 4.78 is 31.2. The van der Waals surface area contributed by atoms with Gasteiger partial charge < -0.3 is 9.84 Å². The number of hydrogen-bond donors (Lipinski definition) is 2. The van der Waals surface area contributed by atoms with Crippen molar-refractivity contribution >= 4 is 22.0 Å². The number of methoxy groups -OCH3 is 1. The average molecular weight is 315 g/mol. The lowest BCUT2D eigenvalue weighted by molar-refractivity contribution is -0.139. The van der Waals surface area contributed by atoms with Crippen molar-refractivity contribution in [1.82, 2.24) is 4.72 Å². The highest BCUT2D eigenvalue weighted by atomic mass is 32.2. The van der Waals surface area contributed by atoms with Gasteiger partial charge in [0, 0.05) is 0 Å². The van der Waals surface area contributed by atoms with Gasteiger partial charge in [-0.15, -0.1) is 0 Å². The third-order valence-electron chi connectivity index (χ3n) is 2.90. The lowest BCUT2D eigenvalue weighted by Gasteiger charge is -2.14. The van der Waals surface area contributed by atoms with E-state index in [2.05, 4.69) is 9.46 Å². The van der Waals surface area contributed by atoms with Crippen molar-refractivity contribution in [3.63, 3.8) is 0 Å². The first-order valence-corrected chi connectivity index (χ1v) is 7.65. The number of sulfonamides is 1. The number of esters is 1. The van der Waals surface area contributed by atoms with Gasteiger partial charge in [0.25, 0.3) is 0 Å². The average Bonchev–Trinajstić information content (AvgIpc) is 2.43. The number of carboxylic acids is 1. The Hall–Kier alpha value is -1.93. The van der Waals surface area contributed by atoms with E-state index in [-0.39, 0.29) is 16.9 Å². The van der Waals surface area contributed by atoms with Gasteiger partial charge in [-0.2, -0.15) is 4.72 Å². The molecule has 21 heavy (non-hydrogen) atoms. The van der Waals surface area contributed by atoms with Crippen LogP contribution in [0.4, 0.5) is 0 Å². The van der Waals surface area contributed by atoms with Gasteiger partial charge in [0.2, 0.25) is 10.0 Å². The zero-order chi connectivity index (χ0) is 16.2. The second kappa shape index (κ2) is 6.68. The van der Waals surface area contributed by atoms with Gasteiger partial charge in [-0.3, -0.25) is 4.79 Å². The van der Waals surface area contributed by atoms with Crippen LogP contribution >= 0.6 is 0 Å². The fourth-order valence-corrected chi connectivity index (χ4v) is 3.24. The molecule has 1 unspecified atom stereocenters. The zero-order valence-electron chi connectivity index (χ0n) is 11.9. The normalized spacial score (nSPS) is 12.7. The monoisotopic (exact) mass is 315 g/mol. The molecule has 1 aromatic carbocycles. The van der Waals surface area contributed by atoms with Crippen molar-refractivity contribution in [2.75, 3.05) is 7.11 Å². The summed E-state index contributed by atoms with van der Waals surface area (Å²) in [6.07, 6.45) is 0.101. The van der Waals surface area contributed by atoms with Crippen LogP contribution in [0.2, 0.25) is 0 Å². The summed E-state index contributed by atoms with van der Waals surface area (Å²) >= 11 is 0. The number of aliphatic carboxylic acids is 1. The van der Waals surface area contributed by atoms with Crippen LogP contribution in [0.5, 0.6) is 0 Å². The van der Waals surface area contributed by atoms with Crippen LogP contribution in [0.15, 0.2) is 23.1 Å². The molecule has 0 aliphatic heterocycles. The Morgan fingerprint density at radius 3 is 2.48 bits per heavy atom. The Bertz CT molecular complexity index is 653. The van der Waals surface area contributed by atoms with Crippen molar-refractivity contribution in [2.45, 2.75) is 31.2 Å². The quantitative estimate of drug-likeness (QED) is 0.756. The van der Waals surface area contributed by atoms with E-state index < -0.39 is 28.0 Å². The van der Waals surface area contributed by atoms with Crippen molar-refractivity contribution in [3.8, 4) is 0 Å². The van der Waals surface area contributed by atoms with E-state index in [1.807, 2.05) is 0 Å². The van der Waals surface area contributed by atoms with Crippen molar-refractivity contribution in [1.29, 1.82) is 0 Å². The van der Waals surface area contributed by atoms with Gasteiger partial charge in [-0.1, -0.05) is 13.0 Å². The van der Waals surface area contributed by atoms with Gasteiger partial charge in [0.05, 0.1) is 17.6 Å². The van der Waals surface area contributed by atoms with E-state index in [0.29, 0.717) is 5.56 Å². The molecule has 7 nitrogen and oxygen atoms in total. The highest BCUT2D eigenvalue weighted by molar-refractivity contribution is 7.89. The summed E-state index contributed by atoms with van der Waals surface area (Å²) in [5.41, 5.74) is 0.474. The SMILES string of the molecule is CCC(NS(=O)(=O)c1cc(C(=O)OC)ccc1C)C(=O)O.